The molecule has 31 heavy (non-hydrogen) atoms. The van der Waals surface area contributed by atoms with Gasteiger partial charge in [0.25, 0.3) is 0 Å². The van der Waals surface area contributed by atoms with Crippen LogP contribution in [0, 0.1) is 11.6 Å². The summed E-state index contributed by atoms with van der Waals surface area (Å²) in [7, 11) is 0. The molecule has 1 unspecified atom stereocenters. The number of hydrogen-bond acceptors (Lipinski definition) is 3. The third kappa shape index (κ3) is 4.11. The second-order valence-electron chi connectivity index (χ2n) is 8.75. The Balaban J connectivity index is 1.25. The van der Waals surface area contributed by atoms with Crippen LogP contribution in [0.1, 0.15) is 29.9 Å². The van der Waals surface area contributed by atoms with E-state index < -0.39 is 0 Å². The standard InChI is InChI=1S/C24H28F2N4O/c25-18-3-1-17(2-4-18)22-16-30(23-6-5-19(26)15-21(22)23)20-7-10-28(11-8-20)13-14-29-12-9-27-24(29)31/h1-6,15,20,22H,7-14,16H2,(H,27,31). The SMILES string of the molecule is O=C1NCCN1CCN1CCC(N2CC(c3ccc(F)cc3)c3cc(F)ccc32)CC1. The number of urea groups is 1. The first-order valence-electron chi connectivity index (χ1n) is 11.1. The maximum absolute atomic E-state index is 14.1. The summed E-state index contributed by atoms with van der Waals surface area (Å²) in [5, 5.41) is 2.85. The molecule has 2 fully saturated rings. The maximum atomic E-state index is 14.1. The Morgan fingerprint density at radius 1 is 0.935 bits per heavy atom. The van der Waals surface area contributed by atoms with Crippen molar-refractivity contribution in [2.45, 2.75) is 24.8 Å². The molecule has 0 aromatic heterocycles. The van der Waals surface area contributed by atoms with Crippen LogP contribution in [0.5, 0.6) is 0 Å². The van der Waals surface area contributed by atoms with Gasteiger partial charge in [0.1, 0.15) is 11.6 Å². The van der Waals surface area contributed by atoms with E-state index in [2.05, 4.69) is 15.1 Å². The number of nitrogens with zero attached hydrogens (tertiary/aromatic N) is 3. The minimum absolute atomic E-state index is 0.0441. The Morgan fingerprint density at radius 2 is 1.68 bits per heavy atom. The molecule has 3 aliphatic rings. The number of carbonyl (C=O) groups excluding carboxylic acids is 1. The van der Waals surface area contributed by atoms with Crippen molar-refractivity contribution in [1.29, 1.82) is 0 Å². The van der Waals surface area contributed by atoms with Gasteiger partial charge in [-0.2, -0.15) is 0 Å². The van der Waals surface area contributed by atoms with Gasteiger partial charge >= 0.3 is 6.03 Å². The lowest BCUT2D eigenvalue weighted by Crippen LogP contribution is -2.46. The molecule has 2 saturated heterocycles. The van der Waals surface area contributed by atoms with E-state index in [9.17, 15) is 13.6 Å². The minimum Gasteiger partial charge on any atom is -0.367 e. The number of fused-ring (bicyclic) bond motifs is 1. The molecule has 0 aliphatic carbocycles. The second-order valence-corrected chi connectivity index (χ2v) is 8.75. The highest BCUT2D eigenvalue weighted by Gasteiger charge is 2.35. The fourth-order valence-corrected chi connectivity index (χ4v) is 5.23. The lowest BCUT2D eigenvalue weighted by atomic mass is 9.93. The summed E-state index contributed by atoms with van der Waals surface area (Å²) < 4.78 is 27.5. The zero-order chi connectivity index (χ0) is 21.4. The van der Waals surface area contributed by atoms with Crippen LogP contribution in [-0.2, 0) is 0 Å². The second kappa shape index (κ2) is 8.46. The summed E-state index contributed by atoms with van der Waals surface area (Å²) in [5.74, 6) is -0.427. The fourth-order valence-electron chi connectivity index (χ4n) is 5.23. The van der Waals surface area contributed by atoms with E-state index >= 15 is 0 Å². The van der Waals surface area contributed by atoms with Crippen molar-refractivity contribution in [3.63, 3.8) is 0 Å². The first kappa shape index (κ1) is 20.2. The van der Waals surface area contributed by atoms with Crippen molar-refractivity contribution in [3.8, 4) is 0 Å². The van der Waals surface area contributed by atoms with E-state index in [1.54, 1.807) is 6.07 Å². The van der Waals surface area contributed by atoms with Gasteiger partial charge in [0.2, 0.25) is 0 Å². The molecule has 3 heterocycles. The minimum atomic E-state index is -0.253. The predicted molar refractivity (Wildman–Crippen MR) is 116 cm³/mol. The fraction of sp³-hybridized carbons (Fsp3) is 0.458. The number of benzene rings is 2. The zero-order valence-electron chi connectivity index (χ0n) is 17.6. The zero-order valence-corrected chi connectivity index (χ0v) is 17.6. The molecule has 164 valence electrons. The normalized spacial score (nSPS) is 22.1. The largest absolute Gasteiger partial charge is 0.367 e. The topological polar surface area (TPSA) is 38.8 Å². The van der Waals surface area contributed by atoms with Crippen molar-refractivity contribution in [2.24, 2.45) is 0 Å². The van der Waals surface area contributed by atoms with Crippen molar-refractivity contribution in [2.75, 3.05) is 50.7 Å². The predicted octanol–water partition coefficient (Wildman–Crippen LogP) is 3.41. The number of carbonyl (C=O) groups is 1. The third-order valence-electron chi connectivity index (χ3n) is 6.96. The Labute approximate surface area is 181 Å². The lowest BCUT2D eigenvalue weighted by molar-refractivity contribution is 0.179. The highest BCUT2D eigenvalue weighted by Crippen LogP contribution is 2.42. The number of halogens is 2. The number of anilines is 1. The van der Waals surface area contributed by atoms with Crippen molar-refractivity contribution >= 4 is 11.7 Å². The van der Waals surface area contributed by atoms with Gasteiger partial charge in [0.05, 0.1) is 0 Å². The summed E-state index contributed by atoms with van der Waals surface area (Å²) in [6.07, 6.45) is 2.08. The average Bonchev–Trinajstić information content (AvgIpc) is 3.36. The van der Waals surface area contributed by atoms with Crippen LogP contribution in [0.2, 0.25) is 0 Å². The van der Waals surface area contributed by atoms with Crippen LogP contribution in [0.4, 0.5) is 19.3 Å². The Morgan fingerprint density at radius 3 is 2.39 bits per heavy atom. The number of likely N-dealkylation sites (tertiary alicyclic amines) is 1. The summed E-state index contributed by atoms with van der Waals surface area (Å²) in [4.78, 5) is 18.5. The smallest absolute Gasteiger partial charge is 0.317 e. The Hall–Kier alpha value is -2.67. The van der Waals surface area contributed by atoms with Gasteiger partial charge in [-0.15, -0.1) is 0 Å². The van der Waals surface area contributed by atoms with Crippen molar-refractivity contribution in [3.05, 3.63) is 65.2 Å². The molecular weight excluding hydrogens is 398 g/mol. The summed E-state index contributed by atoms with van der Waals surface area (Å²) in [6.45, 7) is 5.99. The number of nitrogens with one attached hydrogen (secondary N) is 1. The molecule has 2 aromatic carbocycles. The molecule has 3 aliphatic heterocycles. The summed E-state index contributed by atoms with van der Waals surface area (Å²) in [6, 6.07) is 12.1. The lowest BCUT2D eigenvalue weighted by Gasteiger charge is -2.38. The number of rotatable bonds is 5. The van der Waals surface area contributed by atoms with Gasteiger partial charge in [-0.3, -0.25) is 0 Å². The monoisotopic (exact) mass is 426 g/mol. The molecular formula is C24H28F2N4O. The molecule has 5 rings (SSSR count). The Kier molecular flexibility index (Phi) is 5.52. The van der Waals surface area contributed by atoms with E-state index in [-0.39, 0.29) is 23.6 Å². The number of amides is 2. The molecule has 2 aromatic rings. The number of hydrogen-bond donors (Lipinski definition) is 1. The maximum Gasteiger partial charge on any atom is 0.317 e. The molecule has 2 amide bonds. The molecule has 7 heteroatoms. The summed E-state index contributed by atoms with van der Waals surface area (Å²) in [5.41, 5.74) is 3.12. The first-order valence-corrected chi connectivity index (χ1v) is 11.1. The molecule has 0 bridgehead atoms. The van der Waals surface area contributed by atoms with Gasteiger partial charge < -0.3 is 20.0 Å². The first-order chi connectivity index (χ1) is 15.1. The van der Waals surface area contributed by atoms with E-state index in [0.717, 1.165) is 75.5 Å². The van der Waals surface area contributed by atoms with Gasteiger partial charge in [-0.25, -0.2) is 13.6 Å². The van der Waals surface area contributed by atoms with Crippen LogP contribution in [-0.4, -0.2) is 67.7 Å². The van der Waals surface area contributed by atoms with E-state index in [1.165, 1.54) is 18.2 Å². The molecule has 0 spiro atoms. The quantitative estimate of drug-likeness (QED) is 0.797. The third-order valence-corrected chi connectivity index (χ3v) is 6.96. The Bertz CT molecular complexity index is 943. The van der Waals surface area contributed by atoms with Crippen LogP contribution in [0.3, 0.4) is 0 Å². The van der Waals surface area contributed by atoms with E-state index in [1.807, 2.05) is 23.1 Å². The average molecular weight is 427 g/mol. The molecule has 1 atom stereocenters. The van der Waals surface area contributed by atoms with Gasteiger partial charge in [-0.1, -0.05) is 12.1 Å². The van der Waals surface area contributed by atoms with Crippen molar-refractivity contribution in [1.82, 2.24) is 15.1 Å². The van der Waals surface area contributed by atoms with E-state index in [0.29, 0.717) is 6.04 Å². The van der Waals surface area contributed by atoms with Gasteiger partial charge in [0.15, 0.2) is 0 Å². The van der Waals surface area contributed by atoms with Crippen molar-refractivity contribution < 1.29 is 13.6 Å². The van der Waals surface area contributed by atoms with Crippen LogP contribution < -0.4 is 10.2 Å². The van der Waals surface area contributed by atoms with Crippen LogP contribution >= 0.6 is 0 Å². The number of piperidine rings is 1. The van der Waals surface area contributed by atoms with Gasteiger partial charge in [0, 0.05) is 63.5 Å². The van der Waals surface area contributed by atoms with Crippen LogP contribution in [0.15, 0.2) is 42.5 Å². The summed E-state index contributed by atoms with van der Waals surface area (Å²) >= 11 is 0. The highest BCUT2D eigenvalue weighted by atomic mass is 19.1. The molecule has 1 N–H and O–H groups in total. The molecule has 0 radical (unpaired) electrons. The van der Waals surface area contributed by atoms with E-state index in [4.69, 9.17) is 0 Å². The van der Waals surface area contributed by atoms with Crippen LogP contribution in [0.25, 0.3) is 0 Å². The molecule has 5 nitrogen and oxygen atoms in total. The van der Waals surface area contributed by atoms with Gasteiger partial charge in [-0.05, 0) is 54.3 Å². The molecule has 0 saturated carbocycles. The highest BCUT2D eigenvalue weighted by molar-refractivity contribution is 5.76.